The van der Waals surface area contributed by atoms with E-state index in [4.69, 9.17) is 4.74 Å². The maximum atomic E-state index is 15.0. The molecular weight excluding hydrogens is 455 g/mol. The lowest BCUT2D eigenvalue weighted by Crippen LogP contribution is -2.36. The SMILES string of the molecule is CCOc1cncc(-c2cc(C)c(NC(=O)C(C)(C)c3ccnc(NSC4CC4)n3)cc2F)n1. The Morgan fingerprint density at radius 3 is 2.79 bits per heavy atom. The number of nitrogens with zero attached hydrogens (tertiary/aromatic N) is 4. The minimum absolute atomic E-state index is 0.281. The summed E-state index contributed by atoms with van der Waals surface area (Å²) >= 11 is 1.60. The van der Waals surface area contributed by atoms with Crippen molar-refractivity contribution in [1.29, 1.82) is 0 Å². The molecule has 34 heavy (non-hydrogen) atoms. The Balaban J connectivity index is 1.52. The van der Waals surface area contributed by atoms with Gasteiger partial charge in [0.05, 0.1) is 35.8 Å². The molecule has 2 N–H and O–H groups in total. The van der Waals surface area contributed by atoms with Crippen LogP contribution < -0.4 is 14.8 Å². The lowest BCUT2D eigenvalue weighted by Gasteiger charge is -2.24. The van der Waals surface area contributed by atoms with Gasteiger partial charge in [0.25, 0.3) is 0 Å². The standard InChI is InChI=1S/C24H27FN6O2S/c1-5-33-21-13-26-12-19(28-21)16-10-14(2)18(11-17(16)25)29-22(32)24(3,4)20-8-9-27-23(30-20)31-34-15-6-7-15/h8-13,15H,5-7H2,1-4H3,(H,29,32)(H,27,30,31). The largest absolute Gasteiger partial charge is 0.477 e. The normalized spacial score (nSPS) is 13.4. The first kappa shape index (κ1) is 23.9. The van der Waals surface area contributed by atoms with Crippen LogP contribution in [-0.2, 0) is 10.2 Å². The van der Waals surface area contributed by atoms with Crippen molar-refractivity contribution in [2.24, 2.45) is 0 Å². The van der Waals surface area contributed by atoms with Crippen LogP contribution in [0.3, 0.4) is 0 Å². The zero-order chi connectivity index (χ0) is 24.3. The number of carbonyl (C=O) groups excluding carboxylic acids is 1. The van der Waals surface area contributed by atoms with Gasteiger partial charge in [0.1, 0.15) is 5.82 Å². The average Bonchev–Trinajstić information content (AvgIpc) is 3.65. The van der Waals surface area contributed by atoms with Gasteiger partial charge in [-0.05, 0) is 76.2 Å². The molecule has 1 aromatic carbocycles. The topological polar surface area (TPSA) is 102 Å². The fourth-order valence-electron chi connectivity index (χ4n) is 3.18. The molecule has 1 aliphatic carbocycles. The van der Waals surface area contributed by atoms with Gasteiger partial charge in [-0.2, -0.15) is 0 Å². The Hall–Kier alpha value is -3.27. The van der Waals surface area contributed by atoms with Gasteiger partial charge in [0, 0.05) is 22.7 Å². The number of aromatic nitrogens is 4. The summed E-state index contributed by atoms with van der Waals surface area (Å²) in [5.74, 6) is -0.0321. The highest BCUT2D eigenvalue weighted by atomic mass is 32.2. The van der Waals surface area contributed by atoms with Gasteiger partial charge < -0.3 is 10.1 Å². The summed E-state index contributed by atoms with van der Waals surface area (Å²) in [5.41, 5.74) is 1.30. The Morgan fingerprint density at radius 1 is 1.26 bits per heavy atom. The molecule has 1 fully saturated rings. The number of aryl methyl sites for hydroxylation is 1. The van der Waals surface area contributed by atoms with Gasteiger partial charge in [-0.25, -0.2) is 19.3 Å². The summed E-state index contributed by atoms with van der Waals surface area (Å²) in [6.45, 7) is 7.62. The monoisotopic (exact) mass is 482 g/mol. The summed E-state index contributed by atoms with van der Waals surface area (Å²) < 4.78 is 23.5. The number of benzene rings is 1. The predicted molar refractivity (Wildman–Crippen MR) is 131 cm³/mol. The lowest BCUT2D eigenvalue weighted by molar-refractivity contribution is -0.120. The third-order valence-electron chi connectivity index (χ3n) is 5.45. The molecule has 4 rings (SSSR count). The van der Waals surface area contributed by atoms with Crippen LogP contribution in [0.15, 0.2) is 36.8 Å². The molecule has 8 nitrogen and oxygen atoms in total. The molecule has 0 radical (unpaired) electrons. The summed E-state index contributed by atoms with van der Waals surface area (Å²) in [4.78, 5) is 30.3. The first-order valence-corrected chi connectivity index (χ1v) is 12.0. The van der Waals surface area contributed by atoms with Gasteiger partial charge >= 0.3 is 0 Å². The molecule has 0 bridgehead atoms. The number of ether oxygens (including phenoxy) is 1. The Labute approximate surface area is 202 Å². The van der Waals surface area contributed by atoms with Crippen LogP contribution in [0.4, 0.5) is 16.0 Å². The van der Waals surface area contributed by atoms with E-state index in [1.807, 2.05) is 6.92 Å². The van der Waals surface area contributed by atoms with Crippen LogP contribution in [-0.4, -0.2) is 37.7 Å². The number of hydrogen-bond donors (Lipinski definition) is 2. The van der Waals surface area contributed by atoms with Crippen molar-refractivity contribution in [1.82, 2.24) is 19.9 Å². The third-order valence-corrected chi connectivity index (χ3v) is 6.55. The van der Waals surface area contributed by atoms with E-state index >= 15 is 4.39 Å². The van der Waals surface area contributed by atoms with Gasteiger partial charge in [0.2, 0.25) is 17.7 Å². The highest BCUT2D eigenvalue weighted by molar-refractivity contribution is 8.01. The summed E-state index contributed by atoms with van der Waals surface area (Å²) in [6, 6.07) is 4.65. The summed E-state index contributed by atoms with van der Waals surface area (Å²) in [7, 11) is 0. The second kappa shape index (κ2) is 9.92. The molecule has 0 atom stereocenters. The van der Waals surface area contributed by atoms with E-state index in [-0.39, 0.29) is 11.5 Å². The van der Waals surface area contributed by atoms with Crippen molar-refractivity contribution in [2.45, 2.75) is 51.2 Å². The molecule has 1 amide bonds. The minimum Gasteiger partial charge on any atom is -0.477 e. The molecule has 0 unspecified atom stereocenters. The van der Waals surface area contributed by atoms with E-state index in [1.54, 1.807) is 51.0 Å². The number of rotatable bonds is 9. The Bertz CT molecular complexity index is 1200. The van der Waals surface area contributed by atoms with Gasteiger partial charge in [-0.3, -0.25) is 14.5 Å². The van der Waals surface area contributed by atoms with Crippen LogP contribution in [0.1, 0.15) is 44.9 Å². The molecule has 2 aromatic heterocycles. The third kappa shape index (κ3) is 5.44. The van der Waals surface area contributed by atoms with E-state index < -0.39 is 11.2 Å². The highest BCUT2D eigenvalue weighted by Gasteiger charge is 2.32. The maximum absolute atomic E-state index is 15.0. The summed E-state index contributed by atoms with van der Waals surface area (Å²) in [5, 5.41) is 3.45. The zero-order valence-corrected chi connectivity index (χ0v) is 20.4. The Kier molecular flexibility index (Phi) is 6.97. The molecular formula is C24H27FN6O2S. The number of halogens is 1. The quantitative estimate of drug-likeness (QED) is 0.415. The fourth-order valence-corrected chi connectivity index (χ4v) is 3.92. The van der Waals surface area contributed by atoms with E-state index in [1.165, 1.54) is 31.3 Å². The van der Waals surface area contributed by atoms with Crippen molar-refractivity contribution < 1.29 is 13.9 Å². The van der Waals surface area contributed by atoms with Crippen molar-refractivity contribution >= 4 is 29.5 Å². The van der Waals surface area contributed by atoms with Crippen molar-refractivity contribution in [3.05, 3.63) is 53.9 Å². The number of nitrogens with one attached hydrogen (secondary N) is 2. The second-order valence-corrected chi connectivity index (χ2v) is 9.69. The van der Waals surface area contributed by atoms with Crippen molar-refractivity contribution in [2.75, 3.05) is 16.6 Å². The first-order chi connectivity index (χ1) is 16.3. The van der Waals surface area contributed by atoms with Crippen LogP contribution >= 0.6 is 11.9 Å². The van der Waals surface area contributed by atoms with E-state index in [2.05, 4.69) is 30.0 Å². The van der Waals surface area contributed by atoms with Crippen LogP contribution in [0.5, 0.6) is 5.88 Å². The van der Waals surface area contributed by atoms with Crippen LogP contribution in [0.25, 0.3) is 11.3 Å². The number of hydrogen-bond acceptors (Lipinski definition) is 8. The first-order valence-electron chi connectivity index (χ1n) is 11.1. The average molecular weight is 483 g/mol. The molecule has 10 heteroatoms. The van der Waals surface area contributed by atoms with Gasteiger partial charge in [-0.1, -0.05) is 0 Å². The molecule has 1 saturated carbocycles. The van der Waals surface area contributed by atoms with Gasteiger partial charge in [-0.15, -0.1) is 0 Å². The molecule has 0 saturated heterocycles. The van der Waals surface area contributed by atoms with E-state index in [0.29, 0.717) is 46.3 Å². The smallest absolute Gasteiger partial charge is 0.236 e. The number of anilines is 2. The molecule has 1 aliphatic rings. The van der Waals surface area contributed by atoms with E-state index in [0.717, 1.165) is 0 Å². The zero-order valence-electron chi connectivity index (χ0n) is 19.6. The lowest BCUT2D eigenvalue weighted by atomic mass is 9.87. The maximum Gasteiger partial charge on any atom is 0.236 e. The van der Waals surface area contributed by atoms with Crippen molar-refractivity contribution in [3.63, 3.8) is 0 Å². The molecule has 3 aromatic rings. The minimum atomic E-state index is -0.970. The number of amides is 1. The highest BCUT2D eigenvalue weighted by Crippen LogP contribution is 2.34. The van der Waals surface area contributed by atoms with Crippen molar-refractivity contribution in [3.8, 4) is 17.1 Å². The molecule has 0 aliphatic heterocycles. The predicted octanol–water partition coefficient (Wildman–Crippen LogP) is 4.92. The fraction of sp³-hybridized carbons (Fsp3) is 0.375. The van der Waals surface area contributed by atoms with E-state index in [9.17, 15) is 4.79 Å². The van der Waals surface area contributed by atoms with Crippen LogP contribution in [0.2, 0.25) is 0 Å². The number of carbonyl (C=O) groups is 1. The molecule has 2 heterocycles. The van der Waals surface area contributed by atoms with Gasteiger partial charge in [0.15, 0.2) is 0 Å². The Morgan fingerprint density at radius 2 is 2.06 bits per heavy atom. The molecule has 0 spiro atoms. The molecule has 178 valence electrons. The van der Waals surface area contributed by atoms with Crippen LogP contribution in [0, 0.1) is 12.7 Å². The second-order valence-electron chi connectivity index (χ2n) is 8.59. The summed E-state index contributed by atoms with van der Waals surface area (Å²) in [6.07, 6.45) is 6.95.